The first kappa shape index (κ1) is 16.0. The second-order valence-corrected chi connectivity index (χ2v) is 6.16. The summed E-state index contributed by atoms with van der Waals surface area (Å²) in [5.41, 5.74) is 5.97. The third kappa shape index (κ3) is 6.75. The van der Waals surface area contributed by atoms with E-state index in [-0.39, 0.29) is 0 Å². The van der Waals surface area contributed by atoms with Gasteiger partial charge >= 0.3 is 0 Å². The molecule has 1 saturated heterocycles. The molecule has 108 valence electrons. The molecular formula is C16H34N2. The van der Waals surface area contributed by atoms with Gasteiger partial charge in [0.15, 0.2) is 0 Å². The molecule has 2 heteroatoms. The topological polar surface area (TPSA) is 29.3 Å². The Bertz CT molecular complexity index is 184. The van der Waals surface area contributed by atoms with E-state index in [1.807, 2.05) is 0 Å². The Morgan fingerprint density at radius 1 is 1.00 bits per heavy atom. The fourth-order valence-electron chi connectivity index (χ4n) is 2.99. The van der Waals surface area contributed by atoms with E-state index >= 15 is 0 Å². The monoisotopic (exact) mass is 254 g/mol. The van der Waals surface area contributed by atoms with Crippen LogP contribution < -0.4 is 5.73 Å². The molecule has 0 spiro atoms. The van der Waals surface area contributed by atoms with E-state index in [9.17, 15) is 0 Å². The Labute approximate surface area is 114 Å². The molecule has 2 N–H and O–H groups in total. The van der Waals surface area contributed by atoms with Gasteiger partial charge in [0.1, 0.15) is 0 Å². The molecule has 0 aromatic rings. The van der Waals surface area contributed by atoms with Crippen LogP contribution in [-0.4, -0.2) is 30.6 Å². The third-order valence-electron chi connectivity index (χ3n) is 4.45. The van der Waals surface area contributed by atoms with Gasteiger partial charge in [-0.1, -0.05) is 45.4 Å². The lowest BCUT2D eigenvalue weighted by molar-refractivity contribution is 0.169. The van der Waals surface area contributed by atoms with Crippen molar-refractivity contribution in [3.8, 4) is 0 Å². The number of nitrogens with zero attached hydrogens (tertiary/aromatic N) is 1. The third-order valence-corrected chi connectivity index (χ3v) is 4.45. The van der Waals surface area contributed by atoms with Gasteiger partial charge in [0.25, 0.3) is 0 Å². The van der Waals surface area contributed by atoms with Crippen molar-refractivity contribution in [1.82, 2.24) is 4.90 Å². The summed E-state index contributed by atoms with van der Waals surface area (Å²) in [6, 6.07) is 0.394. The molecule has 0 radical (unpaired) electrons. The van der Waals surface area contributed by atoms with Crippen molar-refractivity contribution >= 4 is 0 Å². The van der Waals surface area contributed by atoms with Crippen LogP contribution in [0.5, 0.6) is 0 Å². The standard InChI is InChI=1S/C16H34N2/c1-3-4-5-6-7-8-9-12-18-13-10-16(11-14-18)15(2)17/h15-16H,3-14,17H2,1-2H3. The molecule has 1 rings (SSSR count). The predicted octanol–water partition coefficient (Wildman–Crippen LogP) is 3.80. The number of likely N-dealkylation sites (tertiary alicyclic amines) is 1. The van der Waals surface area contributed by atoms with Crippen molar-refractivity contribution in [2.45, 2.75) is 77.7 Å². The normalized spacial score (nSPS) is 20.2. The summed E-state index contributed by atoms with van der Waals surface area (Å²) < 4.78 is 0. The summed E-state index contributed by atoms with van der Waals surface area (Å²) in [5, 5.41) is 0. The first-order valence-electron chi connectivity index (χ1n) is 8.22. The molecule has 0 bridgehead atoms. The van der Waals surface area contributed by atoms with E-state index in [1.54, 1.807) is 0 Å². The first-order chi connectivity index (χ1) is 8.74. The zero-order valence-corrected chi connectivity index (χ0v) is 12.7. The number of hydrogen-bond acceptors (Lipinski definition) is 2. The van der Waals surface area contributed by atoms with Crippen LogP contribution in [0.4, 0.5) is 0 Å². The average Bonchev–Trinajstić information content (AvgIpc) is 2.38. The highest BCUT2D eigenvalue weighted by Gasteiger charge is 2.21. The van der Waals surface area contributed by atoms with Gasteiger partial charge in [-0.2, -0.15) is 0 Å². The van der Waals surface area contributed by atoms with Crippen LogP contribution in [-0.2, 0) is 0 Å². The molecule has 1 heterocycles. The van der Waals surface area contributed by atoms with Crippen LogP contribution in [0.25, 0.3) is 0 Å². The predicted molar refractivity (Wildman–Crippen MR) is 80.8 cm³/mol. The number of unbranched alkanes of at least 4 members (excludes halogenated alkanes) is 6. The van der Waals surface area contributed by atoms with Crippen LogP contribution in [0, 0.1) is 5.92 Å². The van der Waals surface area contributed by atoms with Crippen LogP contribution in [0.1, 0.15) is 71.6 Å². The summed E-state index contributed by atoms with van der Waals surface area (Å²) in [7, 11) is 0. The zero-order chi connectivity index (χ0) is 13.2. The van der Waals surface area contributed by atoms with Crippen LogP contribution in [0.15, 0.2) is 0 Å². The second kappa shape index (κ2) is 9.80. The Morgan fingerprint density at radius 2 is 1.56 bits per heavy atom. The Balaban J connectivity index is 1.91. The van der Waals surface area contributed by atoms with Crippen LogP contribution >= 0.6 is 0 Å². The molecule has 1 aliphatic heterocycles. The highest BCUT2D eigenvalue weighted by atomic mass is 15.1. The molecule has 2 nitrogen and oxygen atoms in total. The maximum Gasteiger partial charge on any atom is 0.00397 e. The minimum Gasteiger partial charge on any atom is -0.328 e. The van der Waals surface area contributed by atoms with Gasteiger partial charge in [0.2, 0.25) is 0 Å². The zero-order valence-electron chi connectivity index (χ0n) is 12.7. The first-order valence-corrected chi connectivity index (χ1v) is 8.22. The van der Waals surface area contributed by atoms with Crippen molar-refractivity contribution in [2.75, 3.05) is 19.6 Å². The van der Waals surface area contributed by atoms with Crippen molar-refractivity contribution in [3.63, 3.8) is 0 Å². The fraction of sp³-hybridized carbons (Fsp3) is 1.00. The number of nitrogens with two attached hydrogens (primary N) is 1. The minimum atomic E-state index is 0.394. The molecule has 0 aromatic carbocycles. The van der Waals surface area contributed by atoms with Crippen molar-refractivity contribution in [2.24, 2.45) is 11.7 Å². The maximum atomic E-state index is 5.97. The molecule has 1 fully saturated rings. The van der Waals surface area contributed by atoms with Gasteiger partial charge in [-0.15, -0.1) is 0 Å². The SMILES string of the molecule is CCCCCCCCCN1CCC(C(C)N)CC1. The Morgan fingerprint density at radius 3 is 2.11 bits per heavy atom. The van der Waals surface area contributed by atoms with E-state index in [2.05, 4.69) is 18.7 Å². The lowest BCUT2D eigenvalue weighted by Gasteiger charge is -2.33. The maximum absolute atomic E-state index is 5.97. The van der Waals surface area contributed by atoms with Gasteiger partial charge in [-0.25, -0.2) is 0 Å². The number of rotatable bonds is 9. The molecule has 0 amide bonds. The molecule has 1 unspecified atom stereocenters. The largest absolute Gasteiger partial charge is 0.328 e. The number of hydrogen-bond donors (Lipinski definition) is 1. The summed E-state index contributed by atoms with van der Waals surface area (Å²) in [6.07, 6.45) is 12.6. The molecule has 0 aromatic heterocycles. The van der Waals surface area contributed by atoms with E-state index in [1.165, 1.54) is 77.4 Å². The van der Waals surface area contributed by atoms with Gasteiger partial charge in [0, 0.05) is 6.04 Å². The van der Waals surface area contributed by atoms with Gasteiger partial charge in [-0.05, 0) is 51.7 Å². The van der Waals surface area contributed by atoms with Gasteiger partial charge < -0.3 is 10.6 Å². The minimum absolute atomic E-state index is 0.394. The van der Waals surface area contributed by atoms with Crippen molar-refractivity contribution in [3.05, 3.63) is 0 Å². The quantitative estimate of drug-likeness (QED) is 0.634. The highest BCUT2D eigenvalue weighted by Crippen LogP contribution is 2.19. The summed E-state index contributed by atoms with van der Waals surface area (Å²) >= 11 is 0. The lowest BCUT2D eigenvalue weighted by Crippen LogP contribution is -2.40. The van der Waals surface area contributed by atoms with E-state index < -0.39 is 0 Å². The summed E-state index contributed by atoms with van der Waals surface area (Å²) in [6.45, 7) is 8.33. The summed E-state index contributed by atoms with van der Waals surface area (Å²) in [4.78, 5) is 2.64. The van der Waals surface area contributed by atoms with Crippen molar-refractivity contribution < 1.29 is 0 Å². The smallest absolute Gasteiger partial charge is 0.00397 e. The lowest BCUT2D eigenvalue weighted by atomic mass is 9.91. The van der Waals surface area contributed by atoms with E-state index in [0.29, 0.717) is 6.04 Å². The van der Waals surface area contributed by atoms with Crippen LogP contribution in [0.2, 0.25) is 0 Å². The molecular weight excluding hydrogens is 220 g/mol. The van der Waals surface area contributed by atoms with E-state index in [4.69, 9.17) is 5.73 Å². The Kier molecular flexibility index (Phi) is 8.70. The van der Waals surface area contributed by atoms with Gasteiger partial charge in [0.05, 0.1) is 0 Å². The molecule has 18 heavy (non-hydrogen) atoms. The number of piperidine rings is 1. The molecule has 1 aliphatic rings. The van der Waals surface area contributed by atoms with Crippen molar-refractivity contribution in [1.29, 1.82) is 0 Å². The second-order valence-electron chi connectivity index (χ2n) is 6.16. The van der Waals surface area contributed by atoms with E-state index in [0.717, 1.165) is 5.92 Å². The average molecular weight is 254 g/mol. The Hall–Kier alpha value is -0.0800. The molecule has 0 saturated carbocycles. The molecule has 0 aliphatic carbocycles. The molecule has 1 atom stereocenters. The highest BCUT2D eigenvalue weighted by molar-refractivity contribution is 4.77. The summed E-state index contributed by atoms with van der Waals surface area (Å²) in [5.74, 6) is 0.773. The fourth-order valence-corrected chi connectivity index (χ4v) is 2.99. The van der Waals surface area contributed by atoms with Gasteiger partial charge in [-0.3, -0.25) is 0 Å². The van der Waals surface area contributed by atoms with Crippen LogP contribution in [0.3, 0.4) is 0 Å².